The molecule has 0 spiro atoms. The average molecular weight is 286 g/mol. The molecule has 1 fully saturated rings. The van der Waals surface area contributed by atoms with Crippen LogP contribution in [-0.2, 0) is 0 Å². The third-order valence-corrected chi connectivity index (χ3v) is 3.69. The van der Waals surface area contributed by atoms with E-state index in [2.05, 4.69) is 37.8 Å². The first-order valence-corrected chi connectivity index (χ1v) is 6.32. The van der Waals surface area contributed by atoms with Gasteiger partial charge in [-0.3, -0.25) is 0 Å². The van der Waals surface area contributed by atoms with E-state index in [1.165, 1.54) is 12.8 Å². The molecule has 0 saturated heterocycles. The molecule has 0 unspecified atom stereocenters. The highest BCUT2D eigenvalue weighted by Gasteiger charge is 2.27. The second kappa shape index (κ2) is 4.99. The second-order valence-corrected chi connectivity index (χ2v) is 5.53. The minimum atomic E-state index is 0.615. The molecule has 0 bridgehead atoms. The molecule has 1 saturated carbocycles. The van der Waals surface area contributed by atoms with Crippen LogP contribution in [0.1, 0.15) is 12.8 Å². The largest absolute Gasteiger partial charge is 0.481 e. The normalized spacial score (nSPS) is 23.7. The van der Waals surface area contributed by atoms with Crippen LogP contribution in [0.3, 0.4) is 0 Å². The lowest BCUT2D eigenvalue weighted by Crippen LogP contribution is -2.34. The van der Waals surface area contributed by atoms with Crippen molar-refractivity contribution >= 4 is 21.7 Å². The first-order valence-electron chi connectivity index (χ1n) is 5.40. The number of hydrogen-bond acceptors (Lipinski definition) is 4. The van der Waals surface area contributed by atoms with Gasteiger partial charge in [0.15, 0.2) is 0 Å². The number of halogens is 1. The molecule has 1 aromatic rings. The molecule has 4 nitrogen and oxygen atoms in total. The summed E-state index contributed by atoms with van der Waals surface area (Å²) >= 11 is 3.61. The fourth-order valence-electron chi connectivity index (χ4n) is 1.93. The van der Waals surface area contributed by atoms with Crippen molar-refractivity contribution in [2.75, 3.05) is 25.6 Å². The molecule has 0 aliphatic heterocycles. The van der Waals surface area contributed by atoms with Gasteiger partial charge in [-0.1, -0.05) is 15.9 Å². The number of anilines is 1. The second-order valence-electron chi connectivity index (χ2n) is 4.23. The quantitative estimate of drug-likeness (QED) is 0.794. The molecule has 0 radical (unpaired) electrons. The molecule has 0 aromatic carbocycles. The maximum absolute atomic E-state index is 5.08. The van der Waals surface area contributed by atoms with Gasteiger partial charge in [0, 0.05) is 24.5 Å². The molecule has 0 amide bonds. The van der Waals surface area contributed by atoms with E-state index in [-0.39, 0.29) is 0 Å². The van der Waals surface area contributed by atoms with Crippen LogP contribution in [0.25, 0.3) is 0 Å². The van der Waals surface area contributed by atoms with Gasteiger partial charge in [0.1, 0.15) is 12.1 Å². The maximum atomic E-state index is 5.08. The maximum Gasteiger partial charge on any atom is 0.218 e. The molecule has 0 N–H and O–H groups in total. The third-order valence-electron chi connectivity index (χ3n) is 2.94. The van der Waals surface area contributed by atoms with Crippen LogP contribution in [0.2, 0.25) is 0 Å². The van der Waals surface area contributed by atoms with Crippen molar-refractivity contribution in [2.24, 2.45) is 5.92 Å². The van der Waals surface area contributed by atoms with E-state index in [4.69, 9.17) is 4.74 Å². The Bertz CT molecular complexity index is 355. The lowest BCUT2D eigenvalue weighted by Gasteiger charge is -2.34. The zero-order valence-electron chi connectivity index (χ0n) is 9.56. The lowest BCUT2D eigenvalue weighted by molar-refractivity contribution is 0.338. The van der Waals surface area contributed by atoms with Crippen molar-refractivity contribution in [1.82, 2.24) is 9.97 Å². The van der Waals surface area contributed by atoms with Crippen molar-refractivity contribution in [2.45, 2.75) is 17.7 Å². The molecule has 1 heterocycles. The third kappa shape index (κ3) is 2.64. The lowest BCUT2D eigenvalue weighted by atomic mass is 9.85. The van der Waals surface area contributed by atoms with Crippen LogP contribution in [0, 0.1) is 5.92 Å². The van der Waals surface area contributed by atoms with Crippen LogP contribution >= 0.6 is 15.9 Å². The Morgan fingerprint density at radius 3 is 2.88 bits per heavy atom. The zero-order chi connectivity index (χ0) is 11.5. The summed E-state index contributed by atoms with van der Waals surface area (Å²) in [6.07, 6.45) is 4.05. The molecule has 1 aliphatic rings. The van der Waals surface area contributed by atoms with Gasteiger partial charge in [-0.25, -0.2) is 9.97 Å². The van der Waals surface area contributed by atoms with E-state index >= 15 is 0 Å². The number of alkyl halides is 1. The number of nitrogens with zero attached hydrogens (tertiary/aromatic N) is 3. The summed E-state index contributed by atoms with van der Waals surface area (Å²) in [6.45, 7) is 1.04. The van der Waals surface area contributed by atoms with Crippen LogP contribution in [0.15, 0.2) is 12.4 Å². The summed E-state index contributed by atoms with van der Waals surface area (Å²) in [6, 6.07) is 1.87. The standard InChI is InChI=1S/C11H16BrN3O/c1-15(6-8-3-9(12)4-8)10-5-11(16-2)14-7-13-10/h5,7-9H,3-4,6H2,1-2H3. The molecular weight excluding hydrogens is 270 g/mol. The number of ether oxygens (including phenoxy) is 1. The number of methoxy groups -OCH3 is 1. The molecule has 16 heavy (non-hydrogen) atoms. The fraction of sp³-hybridized carbons (Fsp3) is 0.636. The highest BCUT2D eigenvalue weighted by molar-refractivity contribution is 9.09. The van der Waals surface area contributed by atoms with E-state index < -0.39 is 0 Å². The number of aromatic nitrogens is 2. The van der Waals surface area contributed by atoms with Gasteiger partial charge in [-0.15, -0.1) is 0 Å². The van der Waals surface area contributed by atoms with Crippen molar-refractivity contribution < 1.29 is 4.74 Å². The first kappa shape index (κ1) is 11.6. The van der Waals surface area contributed by atoms with Gasteiger partial charge in [-0.05, 0) is 18.8 Å². The Balaban J connectivity index is 1.94. The van der Waals surface area contributed by atoms with Crippen molar-refractivity contribution in [1.29, 1.82) is 0 Å². The molecule has 1 aromatic heterocycles. The topological polar surface area (TPSA) is 38.2 Å². The van der Waals surface area contributed by atoms with E-state index in [1.54, 1.807) is 13.4 Å². The smallest absolute Gasteiger partial charge is 0.218 e. The highest BCUT2D eigenvalue weighted by atomic mass is 79.9. The van der Waals surface area contributed by atoms with Gasteiger partial charge in [0.25, 0.3) is 0 Å². The van der Waals surface area contributed by atoms with Crippen molar-refractivity contribution in [3.05, 3.63) is 12.4 Å². The predicted molar refractivity (Wildman–Crippen MR) is 67.3 cm³/mol. The van der Waals surface area contributed by atoms with Crippen LogP contribution < -0.4 is 9.64 Å². The first-order chi connectivity index (χ1) is 7.69. The summed E-state index contributed by atoms with van der Waals surface area (Å²) in [5, 5.41) is 0. The van der Waals surface area contributed by atoms with Gasteiger partial charge in [0.2, 0.25) is 5.88 Å². The molecule has 5 heteroatoms. The van der Waals surface area contributed by atoms with Crippen LogP contribution in [-0.4, -0.2) is 35.5 Å². The Hall–Kier alpha value is -0.840. The molecule has 1 aliphatic carbocycles. The summed E-state index contributed by atoms with van der Waals surface area (Å²) in [7, 11) is 3.68. The Labute approximate surface area is 104 Å². The van der Waals surface area contributed by atoms with Crippen molar-refractivity contribution in [3.63, 3.8) is 0 Å². The van der Waals surface area contributed by atoms with Gasteiger partial charge < -0.3 is 9.64 Å². The Kier molecular flexibility index (Phi) is 3.63. The molecular formula is C11H16BrN3O. The summed E-state index contributed by atoms with van der Waals surface area (Å²) in [5.74, 6) is 2.31. The zero-order valence-corrected chi connectivity index (χ0v) is 11.1. The average Bonchev–Trinajstić information content (AvgIpc) is 2.27. The van der Waals surface area contributed by atoms with E-state index in [0.717, 1.165) is 18.3 Å². The van der Waals surface area contributed by atoms with E-state index in [1.807, 2.05) is 6.07 Å². The monoisotopic (exact) mass is 285 g/mol. The van der Waals surface area contributed by atoms with E-state index in [9.17, 15) is 0 Å². The summed E-state index contributed by atoms with van der Waals surface area (Å²) in [4.78, 5) is 11.1. The van der Waals surface area contributed by atoms with Gasteiger partial charge in [-0.2, -0.15) is 0 Å². The minimum absolute atomic E-state index is 0.615. The van der Waals surface area contributed by atoms with Crippen molar-refractivity contribution in [3.8, 4) is 5.88 Å². The summed E-state index contributed by atoms with van der Waals surface area (Å²) in [5.41, 5.74) is 0. The van der Waals surface area contributed by atoms with E-state index in [0.29, 0.717) is 10.7 Å². The summed E-state index contributed by atoms with van der Waals surface area (Å²) < 4.78 is 5.08. The molecule has 2 rings (SSSR count). The Morgan fingerprint density at radius 2 is 2.25 bits per heavy atom. The van der Waals surface area contributed by atoms with Crippen LogP contribution in [0.4, 0.5) is 5.82 Å². The number of rotatable bonds is 4. The minimum Gasteiger partial charge on any atom is -0.481 e. The van der Waals surface area contributed by atoms with Gasteiger partial charge >= 0.3 is 0 Å². The van der Waals surface area contributed by atoms with Gasteiger partial charge in [0.05, 0.1) is 7.11 Å². The SMILES string of the molecule is COc1cc(N(C)CC2CC(Br)C2)ncn1. The molecule has 88 valence electrons. The molecule has 0 atom stereocenters. The fourth-order valence-corrected chi connectivity index (χ4v) is 2.99. The predicted octanol–water partition coefficient (Wildman–Crippen LogP) is 2.09. The Morgan fingerprint density at radius 1 is 1.50 bits per heavy atom. The van der Waals surface area contributed by atoms with Crippen LogP contribution in [0.5, 0.6) is 5.88 Å². The highest BCUT2D eigenvalue weighted by Crippen LogP contribution is 2.34. The number of hydrogen-bond donors (Lipinski definition) is 0.